The van der Waals surface area contributed by atoms with Gasteiger partial charge in [0.1, 0.15) is 55.4 Å². The molecule has 0 fully saturated rings. The number of hydrogen-bond donors (Lipinski definition) is 7. The molecule has 0 aromatic heterocycles. The van der Waals surface area contributed by atoms with Crippen LogP contribution in [0.5, 0.6) is 0 Å². The molecule has 1 aliphatic rings. The number of rotatable bonds is 35. The number of carboxylic acid groups (broad SMARTS) is 1. The summed E-state index contributed by atoms with van der Waals surface area (Å²) in [6.07, 6.45) is -2.21. The number of benzene rings is 2. The van der Waals surface area contributed by atoms with E-state index in [4.69, 9.17) is 10.5 Å². The summed E-state index contributed by atoms with van der Waals surface area (Å²) in [7, 11) is 8.06. The number of nitrogens with two attached hydrogens (primary N) is 1. The average Bonchev–Trinajstić information content (AvgIpc) is 1.52. The third kappa shape index (κ3) is 19.9. The minimum Gasteiger partial charge on any atom is -0.480 e. The Kier molecular flexibility index (Phi) is 30.5. The Morgan fingerprint density at radius 3 is 1.46 bits per heavy atom. The Morgan fingerprint density at radius 2 is 1.01 bits per heavy atom. The molecule has 1 unspecified atom stereocenters. The van der Waals surface area contributed by atoms with Crippen LogP contribution in [-0.2, 0) is 57.5 Å². The zero-order valence-corrected chi connectivity index (χ0v) is 59.0. The van der Waals surface area contributed by atoms with Crippen LogP contribution < -0.4 is 27.0 Å². The molecule has 0 radical (unpaired) electrons. The molecule has 0 bridgehead atoms. The molecular formula is C68H107N11O15. The molecule has 8 N–H and O–H groups in total. The van der Waals surface area contributed by atoms with Crippen LogP contribution in [0.15, 0.2) is 48.5 Å². The van der Waals surface area contributed by atoms with Crippen LogP contribution in [0.4, 0.5) is 4.79 Å². The van der Waals surface area contributed by atoms with Gasteiger partial charge in [-0.15, -0.1) is 0 Å². The lowest BCUT2D eigenvalue weighted by Gasteiger charge is -2.41. The number of carbonyl (C=O) groups excluding carboxylic acids is 11. The second kappa shape index (κ2) is 35.6. The van der Waals surface area contributed by atoms with E-state index in [1.807, 2.05) is 76.2 Å². The molecule has 9 amide bonds. The van der Waals surface area contributed by atoms with Crippen LogP contribution in [-0.4, -0.2) is 239 Å². The van der Waals surface area contributed by atoms with E-state index in [9.17, 15) is 48.6 Å². The van der Waals surface area contributed by atoms with Crippen molar-refractivity contribution in [2.24, 2.45) is 35.3 Å². The minimum absolute atomic E-state index is 0.00674. The standard InChI is InChI=1S/C68H107N11O15/c1-22-49(69)63(87)79(33-52(80)74(17)42(14)61(85)73-53(37(6)7)66(90)75(18)43(15)60(84)71-41(13)67(91)92)56(58(82)54(70-16)57(81)39(10)11)59(83)55(38(8)9)78(21)65(89)51(32-36(4)5)77(20)64(88)50(31-35(2)3)76(19)62(86)40(12)72-68(93)94-34-48-46-29-25-23-27-44(46)45-28-24-26-30-47(45)48/h23-30,35-43,48-51,53-57,70,81H,22,31-34,69H2,1-21H3,(H,71,84)(H,72,93)(H,73,85)(H,91,92)/t40-,41+,42+,43+,49+,50+,51+,53+,54+,55+,56?,57-/m1/s1. The molecule has 2 aromatic rings. The Bertz CT molecular complexity index is 2980. The zero-order chi connectivity index (χ0) is 71.8. The highest BCUT2D eigenvalue weighted by Gasteiger charge is 2.49. The highest BCUT2D eigenvalue weighted by molar-refractivity contribution is 6.14. The number of nitrogens with zero attached hydrogens (tertiary/aromatic N) is 6. The summed E-state index contributed by atoms with van der Waals surface area (Å²) in [5.41, 5.74) is 10.5. The van der Waals surface area contributed by atoms with Gasteiger partial charge in [0.05, 0.1) is 24.2 Å². The molecule has 94 heavy (non-hydrogen) atoms. The van der Waals surface area contributed by atoms with Crippen molar-refractivity contribution in [2.45, 2.75) is 202 Å². The lowest BCUT2D eigenvalue weighted by Crippen LogP contribution is -2.66. The number of amides is 9. The molecule has 0 heterocycles. The normalized spacial score (nSPS) is 15.9. The van der Waals surface area contributed by atoms with Crippen molar-refractivity contribution in [1.29, 1.82) is 0 Å². The summed E-state index contributed by atoms with van der Waals surface area (Å²) >= 11 is 0. The second-order valence-electron chi connectivity index (χ2n) is 26.8. The first kappa shape index (κ1) is 80.4. The molecule has 0 aliphatic heterocycles. The molecule has 0 spiro atoms. The summed E-state index contributed by atoms with van der Waals surface area (Å²) < 4.78 is 5.74. The van der Waals surface area contributed by atoms with Gasteiger partial charge in [0, 0.05) is 41.2 Å². The highest BCUT2D eigenvalue weighted by atomic mass is 16.5. The van der Waals surface area contributed by atoms with Gasteiger partial charge in [-0.25, -0.2) is 4.79 Å². The molecule has 26 heteroatoms. The number of aliphatic carboxylic acids is 1. The third-order valence-electron chi connectivity index (χ3n) is 17.8. The van der Waals surface area contributed by atoms with Gasteiger partial charge >= 0.3 is 12.1 Å². The van der Waals surface area contributed by atoms with Crippen LogP contribution in [0.1, 0.15) is 140 Å². The van der Waals surface area contributed by atoms with E-state index in [2.05, 4.69) is 21.3 Å². The Hall–Kier alpha value is -7.84. The molecule has 1 aliphatic carbocycles. The fourth-order valence-electron chi connectivity index (χ4n) is 11.6. The number of fused-ring (bicyclic) bond motifs is 3. The van der Waals surface area contributed by atoms with Gasteiger partial charge in [0.2, 0.25) is 47.3 Å². The number of nitrogens with one attached hydrogen (secondary N) is 4. The highest BCUT2D eigenvalue weighted by Crippen LogP contribution is 2.44. The molecule has 2 aromatic carbocycles. The van der Waals surface area contributed by atoms with E-state index in [0.29, 0.717) is 4.90 Å². The smallest absolute Gasteiger partial charge is 0.407 e. The number of ether oxygens (including phenoxy) is 1. The SMILES string of the molecule is CC[C@H](N)C(=O)N(CC(=O)N(C)[C@@H](C)C(=O)N[C@H](C(=O)N(C)[C@@H](C)C(=O)N[C@@H](C)C(=O)O)C(C)C)C(C(=O)[C@@H](NC)[C@H](O)C(C)C)C(=O)[C@H](C(C)C)N(C)C(=O)[C@H](CC(C)C)N(C)C(=O)[C@H](CC(C)C)N(C)C(=O)[C@@H](C)NC(=O)OCC1c2ccccc2-c2ccccc21. The maximum absolute atomic E-state index is 15.9. The number of likely N-dealkylation sites (N-methyl/N-ethyl adjacent to an activating group) is 6. The largest absolute Gasteiger partial charge is 0.480 e. The molecule has 26 nitrogen and oxygen atoms in total. The van der Waals surface area contributed by atoms with Crippen molar-refractivity contribution in [2.75, 3.05) is 55.4 Å². The van der Waals surface area contributed by atoms with Crippen molar-refractivity contribution in [3.63, 3.8) is 0 Å². The van der Waals surface area contributed by atoms with Crippen LogP contribution in [0.2, 0.25) is 0 Å². The van der Waals surface area contributed by atoms with Gasteiger partial charge in [-0.2, -0.15) is 0 Å². The van der Waals surface area contributed by atoms with Crippen molar-refractivity contribution < 1.29 is 72.5 Å². The van der Waals surface area contributed by atoms with E-state index in [1.54, 1.807) is 48.5 Å². The topological polar surface area (TPSA) is 348 Å². The van der Waals surface area contributed by atoms with Crippen molar-refractivity contribution in [3.8, 4) is 11.1 Å². The molecule has 12 atom stereocenters. The van der Waals surface area contributed by atoms with E-state index >= 15 is 19.2 Å². The Labute approximate surface area is 555 Å². The van der Waals surface area contributed by atoms with E-state index in [0.717, 1.165) is 37.0 Å². The van der Waals surface area contributed by atoms with Crippen LogP contribution in [0.3, 0.4) is 0 Å². The molecular weight excluding hydrogens is 1210 g/mol. The fraction of sp³-hybridized carbons (Fsp3) is 0.647. The number of carbonyl (C=O) groups is 12. The van der Waals surface area contributed by atoms with Gasteiger partial charge in [0.25, 0.3) is 0 Å². The number of aliphatic hydroxyl groups excluding tert-OH is 1. The number of Topliss-reactive ketones (excluding diaryl/α,β-unsaturated/α-hetero) is 2. The summed E-state index contributed by atoms with van der Waals surface area (Å²) in [4.78, 5) is 178. The average molecular weight is 1320 g/mol. The lowest BCUT2D eigenvalue weighted by atomic mass is 9.85. The minimum atomic E-state index is -2.24. The van der Waals surface area contributed by atoms with Gasteiger partial charge in [-0.1, -0.05) is 125 Å². The maximum atomic E-state index is 15.9. The monoisotopic (exact) mass is 1320 g/mol. The van der Waals surface area contributed by atoms with E-state index in [-0.39, 0.29) is 43.6 Å². The number of aliphatic hydroxyl groups is 1. The first-order valence-corrected chi connectivity index (χ1v) is 32.5. The summed E-state index contributed by atoms with van der Waals surface area (Å²) in [5.74, 6) is -12.5. The number of alkyl carbamates (subject to hydrolysis) is 1. The van der Waals surface area contributed by atoms with Gasteiger partial charge in [0.15, 0.2) is 17.6 Å². The summed E-state index contributed by atoms with van der Waals surface area (Å²) in [6.45, 7) is 23.0. The third-order valence-corrected chi connectivity index (χ3v) is 17.8. The summed E-state index contributed by atoms with van der Waals surface area (Å²) in [5, 5.41) is 31.2. The number of hydrogen-bond acceptors (Lipinski definition) is 16. The zero-order valence-electron chi connectivity index (χ0n) is 59.0. The predicted molar refractivity (Wildman–Crippen MR) is 355 cm³/mol. The van der Waals surface area contributed by atoms with Crippen LogP contribution >= 0.6 is 0 Å². The molecule has 0 saturated carbocycles. The van der Waals surface area contributed by atoms with Crippen molar-refractivity contribution >= 4 is 70.9 Å². The quantitative estimate of drug-likeness (QED) is 0.0487. The van der Waals surface area contributed by atoms with Crippen LogP contribution in [0.25, 0.3) is 11.1 Å². The van der Waals surface area contributed by atoms with E-state index < -0.39 is 168 Å². The van der Waals surface area contributed by atoms with E-state index in [1.165, 1.54) is 79.8 Å². The lowest BCUT2D eigenvalue weighted by molar-refractivity contribution is -0.157. The van der Waals surface area contributed by atoms with Crippen molar-refractivity contribution in [1.82, 2.24) is 50.7 Å². The molecule has 524 valence electrons. The van der Waals surface area contributed by atoms with Gasteiger partial charge in [-0.05, 0) is 106 Å². The first-order chi connectivity index (χ1) is 43.7. The van der Waals surface area contributed by atoms with Crippen LogP contribution in [0, 0.1) is 29.6 Å². The van der Waals surface area contributed by atoms with Crippen molar-refractivity contribution in [3.05, 3.63) is 59.7 Å². The number of carboxylic acids is 1. The van der Waals surface area contributed by atoms with Gasteiger partial charge in [-0.3, -0.25) is 52.7 Å². The Morgan fingerprint density at radius 1 is 0.543 bits per heavy atom. The predicted octanol–water partition coefficient (Wildman–Crippen LogP) is 3.24. The fourth-order valence-corrected chi connectivity index (χ4v) is 11.6. The number of ketones is 2. The maximum Gasteiger partial charge on any atom is 0.407 e. The Balaban J connectivity index is 2.06. The second-order valence-corrected chi connectivity index (χ2v) is 26.8. The molecule has 3 rings (SSSR count). The molecule has 0 saturated heterocycles. The summed E-state index contributed by atoms with van der Waals surface area (Å²) in [6, 6.07) is 0.127. The first-order valence-electron chi connectivity index (χ1n) is 32.5. The van der Waals surface area contributed by atoms with Gasteiger partial charge < -0.3 is 71.4 Å².